The highest BCUT2D eigenvalue weighted by Crippen LogP contribution is 2.31. The van der Waals surface area contributed by atoms with Crippen LogP contribution in [-0.4, -0.2) is 34.9 Å². The summed E-state index contributed by atoms with van der Waals surface area (Å²) in [6, 6.07) is 12.9. The van der Waals surface area contributed by atoms with E-state index in [4.69, 9.17) is 0 Å². The number of nitrogens with zero attached hydrogens (tertiary/aromatic N) is 2. The largest absolute Gasteiger partial charge is 0.377 e. The SMILES string of the molecule is CCN(CC)Cc1ccccc1CNC(=O)c1ccc(NC2CC2)c([N+](=O)[O-])c1. The Morgan fingerprint density at radius 1 is 1.14 bits per heavy atom. The minimum absolute atomic E-state index is 0.0634. The van der Waals surface area contributed by atoms with Crippen LogP contribution in [0.3, 0.4) is 0 Å². The molecule has 1 aliphatic carbocycles. The van der Waals surface area contributed by atoms with E-state index in [2.05, 4.69) is 35.4 Å². The number of hydrogen-bond acceptors (Lipinski definition) is 5. The predicted molar refractivity (Wildman–Crippen MR) is 114 cm³/mol. The van der Waals surface area contributed by atoms with Crippen molar-refractivity contribution in [3.05, 3.63) is 69.3 Å². The molecule has 0 aromatic heterocycles. The molecule has 0 radical (unpaired) electrons. The minimum atomic E-state index is -0.444. The molecule has 154 valence electrons. The molecule has 0 atom stereocenters. The summed E-state index contributed by atoms with van der Waals surface area (Å²) in [6.07, 6.45) is 2.04. The van der Waals surface area contributed by atoms with Crippen LogP contribution in [0.4, 0.5) is 11.4 Å². The van der Waals surface area contributed by atoms with Gasteiger partial charge in [-0.25, -0.2) is 0 Å². The molecule has 1 saturated carbocycles. The fourth-order valence-corrected chi connectivity index (χ4v) is 3.24. The van der Waals surface area contributed by atoms with Crippen molar-refractivity contribution in [3.63, 3.8) is 0 Å². The zero-order valence-electron chi connectivity index (χ0n) is 17.0. The van der Waals surface area contributed by atoms with Crippen molar-refractivity contribution in [2.24, 2.45) is 0 Å². The van der Waals surface area contributed by atoms with Crippen molar-refractivity contribution in [2.75, 3.05) is 18.4 Å². The van der Waals surface area contributed by atoms with E-state index in [1.54, 1.807) is 12.1 Å². The van der Waals surface area contributed by atoms with Gasteiger partial charge in [0, 0.05) is 30.8 Å². The number of carbonyl (C=O) groups is 1. The predicted octanol–water partition coefficient (Wildman–Crippen LogP) is 3.94. The number of nitro benzene ring substituents is 1. The molecule has 0 saturated heterocycles. The molecular weight excluding hydrogens is 368 g/mol. The summed E-state index contributed by atoms with van der Waals surface area (Å²) >= 11 is 0. The number of rotatable bonds is 10. The van der Waals surface area contributed by atoms with E-state index in [0.717, 1.165) is 38.0 Å². The number of carbonyl (C=O) groups excluding carboxylic acids is 1. The van der Waals surface area contributed by atoms with E-state index in [-0.39, 0.29) is 11.6 Å². The van der Waals surface area contributed by atoms with Crippen molar-refractivity contribution in [2.45, 2.75) is 45.8 Å². The number of nitro groups is 1. The first-order valence-electron chi connectivity index (χ1n) is 10.1. The number of amides is 1. The van der Waals surface area contributed by atoms with Crippen LogP contribution in [0.25, 0.3) is 0 Å². The molecule has 0 aliphatic heterocycles. The van der Waals surface area contributed by atoms with Gasteiger partial charge in [-0.15, -0.1) is 0 Å². The second-order valence-electron chi connectivity index (χ2n) is 7.32. The molecule has 0 spiro atoms. The monoisotopic (exact) mass is 396 g/mol. The molecular formula is C22H28N4O3. The second kappa shape index (κ2) is 9.52. The normalized spacial score (nSPS) is 13.3. The van der Waals surface area contributed by atoms with Crippen LogP contribution in [0.1, 0.15) is 48.2 Å². The lowest BCUT2D eigenvalue weighted by molar-refractivity contribution is -0.384. The number of nitrogens with one attached hydrogen (secondary N) is 2. The summed E-state index contributed by atoms with van der Waals surface area (Å²) in [4.78, 5) is 25.9. The zero-order chi connectivity index (χ0) is 20.8. The Bertz CT molecular complexity index is 876. The second-order valence-corrected chi connectivity index (χ2v) is 7.32. The minimum Gasteiger partial charge on any atom is -0.377 e. The molecule has 0 heterocycles. The Morgan fingerprint density at radius 2 is 1.83 bits per heavy atom. The summed E-state index contributed by atoms with van der Waals surface area (Å²) in [5.41, 5.74) is 2.92. The molecule has 1 fully saturated rings. The first-order valence-corrected chi connectivity index (χ1v) is 10.1. The van der Waals surface area contributed by atoms with Gasteiger partial charge in [-0.2, -0.15) is 0 Å². The lowest BCUT2D eigenvalue weighted by Crippen LogP contribution is -2.26. The number of anilines is 1. The van der Waals surface area contributed by atoms with E-state index >= 15 is 0 Å². The molecule has 1 amide bonds. The fourth-order valence-electron chi connectivity index (χ4n) is 3.24. The smallest absolute Gasteiger partial charge is 0.293 e. The van der Waals surface area contributed by atoms with Gasteiger partial charge < -0.3 is 10.6 Å². The number of hydrogen-bond donors (Lipinski definition) is 2. The Hall–Kier alpha value is -2.93. The maximum atomic E-state index is 12.6. The molecule has 29 heavy (non-hydrogen) atoms. The summed E-state index contributed by atoms with van der Waals surface area (Å²) in [5.74, 6) is -0.316. The lowest BCUT2D eigenvalue weighted by Gasteiger charge is -2.20. The Kier molecular flexibility index (Phi) is 6.82. The molecule has 0 bridgehead atoms. The Morgan fingerprint density at radius 3 is 2.45 bits per heavy atom. The van der Waals surface area contributed by atoms with Crippen LogP contribution >= 0.6 is 0 Å². The van der Waals surface area contributed by atoms with E-state index in [9.17, 15) is 14.9 Å². The maximum absolute atomic E-state index is 12.6. The molecule has 7 nitrogen and oxygen atoms in total. The summed E-state index contributed by atoms with van der Waals surface area (Å²) in [7, 11) is 0. The van der Waals surface area contributed by atoms with Gasteiger partial charge in [-0.05, 0) is 49.2 Å². The van der Waals surface area contributed by atoms with Crippen molar-refractivity contribution < 1.29 is 9.72 Å². The molecule has 7 heteroatoms. The summed E-state index contributed by atoms with van der Waals surface area (Å²) in [5, 5.41) is 17.5. The highest BCUT2D eigenvalue weighted by molar-refractivity contribution is 5.95. The first kappa shape index (κ1) is 20.8. The van der Waals surface area contributed by atoms with E-state index in [0.29, 0.717) is 23.8 Å². The van der Waals surface area contributed by atoms with Gasteiger partial charge in [-0.3, -0.25) is 19.8 Å². The van der Waals surface area contributed by atoms with Crippen molar-refractivity contribution in [1.82, 2.24) is 10.2 Å². The average molecular weight is 396 g/mol. The summed E-state index contributed by atoms with van der Waals surface area (Å²) in [6.45, 7) is 7.38. The highest BCUT2D eigenvalue weighted by Gasteiger charge is 2.25. The Labute approximate surface area is 171 Å². The van der Waals surface area contributed by atoms with Gasteiger partial charge in [0.2, 0.25) is 0 Å². The summed E-state index contributed by atoms with van der Waals surface area (Å²) < 4.78 is 0. The maximum Gasteiger partial charge on any atom is 0.293 e. The Balaban J connectivity index is 1.69. The molecule has 2 aromatic rings. The molecule has 1 aliphatic rings. The van der Waals surface area contributed by atoms with Gasteiger partial charge >= 0.3 is 0 Å². The van der Waals surface area contributed by atoms with Gasteiger partial charge in [0.25, 0.3) is 11.6 Å². The highest BCUT2D eigenvalue weighted by atomic mass is 16.6. The fraction of sp³-hybridized carbons (Fsp3) is 0.409. The van der Waals surface area contributed by atoms with Crippen molar-refractivity contribution in [3.8, 4) is 0 Å². The topological polar surface area (TPSA) is 87.5 Å². The number of benzene rings is 2. The molecule has 2 N–H and O–H groups in total. The van der Waals surface area contributed by atoms with Crippen molar-refractivity contribution >= 4 is 17.3 Å². The van der Waals surface area contributed by atoms with Gasteiger partial charge in [0.1, 0.15) is 5.69 Å². The first-order chi connectivity index (χ1) is 14.0. The van der Waals surface area contributed by atoms with E-state index in [1.807, 2.05) is 18.2 Å². The van der Waals surface area contributed by atoms with Gasteiger partial charge in [0.15, 0.2) is 0 Å². The van der Waals surface area contributed by atoms with Crippen LogP contribution in [0.2, 0.25) is 0 Å². The van der Waals surface area contributed by atoms with Crippen LogP contribution in [0.5, 0.6) is 0 Å². The van der Waals surface area contributed by atoms with E-state index in [1.165, 1.54) is 11.6 Å². The van der Waals surface area contributed by atoms with Crippen LogP contribution in [-0.2, 0) is 13.1 Å². The van der Waals surface area contributed by atoms with Gasteiger partial charge in [-0.1, -0.05) is 38.1 Å². The standard InChI is InChI=1S/C22H28N4O3/c1-3-25(4-2)15-18-8-6-5-7-17(18)14-23-22(27)16-9-12-20(24-19-10-11-19)21(13-16)26(28)29/h5-9,12-13,19,24H,3-4,10-11,14-15H2,1-2H3,(H,23,27). The van der Waals surface area contributed by atoms with Crippen LogP contribution in [0, 0.1) is 10.1 Å². The molecule has 2 aromatic carbocycles. The van der Waals surface area contributed by atoms with Crippen molar-refractivity contribution in [1.29, 1.82) is 0 Å². The van der Waals surface area contributed by atoms with Gasteiger partial charge in [0.05, 0.1) is 4.92 Å². The third kappa shape index (κ3) is 5.54. The third-order valence-electron chi connectivity index (χ3n) is 5.24. The third-order valence-corrected chi connectivity index (χ3v) is 5.24. The molecule has 0 unspecified atom stereocenters. The van der Waals surface area contributed by atoms with E-state index < -0.39 is 4.92 Å². The van der Waals surface area contributed by atoms with Crippen LogP contribution in [0.15, 0.2) is 42.5 Å². The quantitative estimate of drug-likeness (QED) is 0.469. The van der Waals surface area contributed by atoms with Crippen LogP contribution < -0.4 is 10.6 Å². The molecule has 3 rings (SSSR count). The average Bonchev–Trinajstić information content (AvgIpc) is 3.55. The zero-order valence-corrected chi connectivity index (χ0v) is 17.0. The lowest BCUT2D eigenvalue weighted by atomic mass is 10.1.